The van der Waals surface area contributed by atoms with E-state index in [0.29, 0.717) is 11.5 Å². The van der Waals surface area contributed by atoms with Gasteiger partial charge in [0.25, 0.3) is 0 Å². The molecule has 0 fully saturated rings. The maximum atomic E-state index is 13.1. The van der Waals surface area contributed by atoms with Crippen LogP contribution in [-0.2, 0) is 4.79 Å². The Bertz CT molecular complexity index is 485. The van der Waals surface area contributed by atoms with Crippen molar-refractivity contribution in [3.8, 4) is 0 Å². The summed E-state index contributed by atoms with van der Waals surface area (Å²) >= 11 is 3.10. The van der Waals surface area contributed by atoms with Crippen LogP contribution in [0.1, 0.15) is 0 Å². The highest BCUT2D eigenvalue weighted by molar-refractivity contribution is 9.10. The largest absolute Gasteiger partial charge is 0.299 e. The summed E-state index contributed by atoms with van der Waals surface area (Å²) in [4.78, 5) is 14.5. The van der Waals surface area contributed by atoms with Crippen LogP contribution in [0.15, 0.2) is 23.2 Å². The Morgan fingerprint density at radius 3 is 2.92 bits per heavy atom. The summed E-state index contributed by atoms with van der Waals surface area (Å²) in [5.41, 5.74) is 0. The highest BCUT2D eigenvalue weighted by Gasteiger charge is 2.25. The van der Waals surface area contributed by atoms with Gasteiger partial charge in [-0.25, -0.2) is 4.39 Å². The molecular formula is C9H5BrFNO. The van der Waals surface area contributed by atoms with Gasteiger partial charge < -0.3 is 0 Å². The van der Waals surface area contributed by atoms with E-state index in [-0.39, 0.29) is 5.36 Å². The van der Waals surface area contributed by atoms with Crippen molar-refractivity contribution in [3.05, 3.63) is 34.6 Å². The SMILES string of the molecule is O=CC1(Br)C=c2cccc(F)c2=N1. The summed E-state index contributed by atoms with van der Waals surface area (Å²) in [7, 11) is 0. The van der Waals surface area contributed by atoms with Crippen LogP contribution in [0, 0.1) is 5.82 Å². The molecule has 1 unspecified atom stereocenters. The van der Waals surface area contributed by atoms with E-state index < -0.39 is 10.3 Å². The summed E-state index contributed by atoms with van der Waals surface area (Å²) in [6.45, 7) is 0. The van der Waals surface area contributed by atoms with E-state index in [1.807, 2.05) is 0 Å². The highest BCUT2D eigenvalue weighted by Crippen LogP contribution is 2.19. The van der Waals surface area contributed by atoms with Gasteiger partial charge in [0.1, 0.15) is 11.2 Å². The molecule has 0 saturated heterocycles. The van der Waals surface area contributed by atoms with Crippen molar-refractivity contribution >= 4 is 28.3 Å². The lowest BCUT2D eigenvalue weighted by Gasteiger charge is -2.03. The zero-order valence-electron chi connectivity index (χ0n) is 6.50. The zero-order chi connectivity index (χ0) is 9.47. The first-order valence-corrected chi connectivity index (χ1v) is 4.46. The number of fused-ring (bicyclic) bond motifs is 1. The predicted molar refractivity (Wildman–Crippen MR) is 49.4 cm³/mol. The number of halogens is 2. The molecular weight excluding hydrogens is 237 g/mol. The first-order valence-electron chi connectivity index (χ1n) is 3.67. The minimum atomic E-state index is -1.07. The van der Waals surface area contributed by atoms with E-state index in [2.05, 4.69) is 20.9 Å². The molecule has 0 aliphatic carbocycles. The van der Waals surface area contributed by atoms with Crippen LogP contribution in [0.2, 0.25) is 0 Å². The average Bonchev–Trinajstić information content (AvgIpc) is 2.45. The van der Waals surface area contributed by atoms with Gasteiger partial charge in [-0.1, -0.05) is 12.1 Å². The van der Waals surface area contributed by atoms with Crippen LogP contribution in [0.3, 0.4) is 0 Å². The second-order valence-electron chi connectivity index (χ2n) is 2.78. The highest BCUT2D eigenvalue weighted by atomic mass is 79.9. The number of carbonyl (C=O) groups is 1. The van der Waals surface area contributed by atoms with Gasteiger partial charge in [-0.2, -0.15) is 0 Å². The topological polar surface area (TPSA) is 29.4 Å². The molecule has 1 atom stereocenters. The number of rotatable bonds is 1. The lowest BCUT2D eigenvalue weighted by Crippen LogP contribution is -2.24. The molecule has 0 spiro atoms. The fourth-order valence-corrected chi connectivity index (χ4v) is 1.67. The Morgan fingerprint density at radius 1 is 1.54 bits per heavy atom. The second-order valence-corrected chi connectivity index (χ2v) is 4.05. The van der Waals surface area contributed by atoms with Crippen LogP contribution in [0.5, 0.6) is 0 Å². The van der Waals surface area contributed by atoms with Gasteiger partial charge in [0.2, 0.25) is 0 Å². The molecule has 0 radical (unpaired) electrons. The molecule has 1 aliphatic rings. The number of nitrogens with zero attached hydrogens (tertiary/aromatic N) is 1. The van der Waals surface area contributed by atoms with Crippen molar-refractivity contribution in [2.45, 2.75) is 4.45 Å². The van der Waals surface area contributed by atoms with Gasteiger partial charge >= 0.3 is 0 Å². The molecule has 0 bridgehead atoms. The van der Waals surface area contributed by atoms with E-state index in [0.717, 1.165) is 0 Å². The minimum Gasteiger partial charge on any atom is -0.299 e. The molecule has 0 amide bonds. The Balaban J connectivity index is 2.81. The van der Waals surface area contributed by atoms with E-state index >= 15 is 0 Å². The zero-order valence-corrected chi connectivity index (χ0v) is 8.08. The lowest BCUT2D eigenvalue weighted by atomic mass is 10.2. The fraction of sp³-hybridized carbons (Fsp3) is 0.111. The summed E-state index contributed by atoms with van der Waals surface area (Å²) in [6.07, 6.45) is 2.21. The Kier molecular flexibility index (Phi) is 1.80. The molecule has 2 nitrogen and oxygen atoms in total. The average molecular weight is 242 g/mol. The van der Waals surface area contributed by atoms with Crippen LogP contribution in [0.4, 0.5) is 4.39 Å². The molecule has 0 saturated carbocycles. The van der Waals surface area contributed by atoms with Crippen molar-refractivity contribution in [1.29, 1.82) is 0 Å². The van der Waals surface area contributed by atoms with Crippen LogP contribution in [-0.4, -0.2) is 10.7 Å². The Hall–Kier alpha value is -1.03. The molecule has 13 heavy (non-hydrogen) atoms. The quantitative estimate of drug-likeness (QED) is 0.401. The van der Waals surface area contributed by atoms with E-state index in [4.69, 9.17) is 0 Å². The van der Waals surface area contributed by atoms with Gasteiger partial charge in [0, 0.05) is 5.22 Å². The number of benzene rings is 1. The van der Waals surface area contributed by atoms with Crippen molar-refractivity contribution in [2.75, 3.05) is 0 Å². The number of aldehydes is 1. The Labute approximate surface area is 81.9 Å². The standard InChI is InChI=1S/C9H5BrFNO/c10-9(5-13)4-6-2-1-3-7(11)8(6)12-9/h1-5H. The molecule has 4 heteroatoms. The molecule has 0 aromatic heterocycles. The molecule has 2 rings (SSSR count). The van der Waals surface area contributed by atoms with Crippen LogP contribution < -0.4 is 10.6 Å². The van der Waals surface area contributed by atoms with Gasteiger partial charge in [-0.15, -0.1) is 0 Å². The number of para-hydroxylation sites is 1. The summed E-state index contributed by atoms with van der Waals surface area (Å²) in [6, 6.07) is 4.62. The normalized spacial score (nSPS) is 24.5. The van der Waals surface area contributed by atoms with Gasteiger partial charge in [-0.05, 0) is 28.1 Å². The number of carbonyl (C=O) groups excluding carboxylic acids is 1. The maximum Gasteiger partial charge on any atom is 0.190 e. The predicted octanol–water partition coefficient (Wildman–Crippen LogP) is 0.529. The monoisotopic (exact) mass is 241 g/mol. The fourth-order valence-electron chi connectivity index (χ4n) is 1.25. The summed E-state index contributed by atoms with van der Waals surface area (Å²) in [5.74, 6) is -0.406. The van der Waals surface area contributed by atoms with Crippen molar-refractivity contribution in [2.24, 2.45) is 4.99 Å². The first kappa shape index (κ1) is 8.56. The van der Waals surface area contributed by atoms with Crippen molar-refractivity contribution < 1.29 is 9.18 Å². The van der Waals surface area contributed by atoms with Gasteiger partial charge in [0.15, 0.2) is 10.7 Å². The van der Waals surface area contributed by atoms with E-state index in [1.54, 1.807) is 18.2 Å². The molecule has 66 valence electrons. The third kappa shape index (κ3) is 1.31. The number of hydrogen-bond donors (Lipinski definition) is 0. The van der Waals surface area contributed by atoms with Crippen molar-refractivity contribution in [3.63, 3.8) is 0 Å². The van der Waals surface area contributed by atoms with E-state index in [9.17, 15) is 9.18 Å². The third-order valence-electron chi connectivity index (χ3n) is 1.82. The Morgan fingerprint density at radius 2 is 2.31 bits per heavy atom. The third-order valence-corrected chi connectivity index (χ3v) is 2.42. The molecule has 1 aromatic carbocycles. The second kappa shape index (κ2) is 2.73. The smallest absolute Gasteiger partial charge is 0.190 e. The van der Waals surface area contributed by atoms with Gasteiger partial charge in [0.05, 0.1) is 0 Å². The summed E-state index contributed by atoms with van der Waals surface area (Å²) < 4.78 is 12.0. The van der Waals surface area contributed by atoms with Gasteiger partial charge in [-0.3, -0.25) is 9.79 Å². The van der Waals surface area contributed by atoms with E-state index in [1.165, 1.54) is 6.07 Å². The molecule has 0 N–H and O–H groups in total. The lowest BCUT2D eigenvalue weighted by molar-refractivity contribution is -0.108. The minimum absolute atomic E-state index is 0.242. The number of hydrogen-bond acceptors (Lipinski definition) is 2. The van der Waals surface area contributed by atoms with Crippen LogP contribution >= 0.6 is 15.9 Å². The summed E-state index contributed by atoms with van der Waals surface area (Å²) in [5, 5.41) is 0.885. The van der Waals surface area contributed by atoms with Crippen molar-refractivity contribution in [1.82, 2.24) is 0 Å². The number of alkyl halides is 1. The first-order chi connectivity index (χ1) is 6.14. The maximum absolute atomic E-state index is 13.1. The molecule has 1 aromatic rings. The van der Waals surface area contributed by atoms with Crippen LogP contribution in [0.25, 0.3) is 6.08 Å². The molecule has 1 aliphatic heterocycles. The molecule has 1 heterocycles.